The van der Waals surface area contributed by atoms with Gasteiger partial charge >= 0.3 is 5.97 Å². The first-order valence-electron chi connectivity index (χ1n) is 5.37. The van der Waals surface area contributed by atoms with Crippen molar-refractivity contribution in [3.8, 4) is 0 Å². The van der Waals surface area contributed by atoms with Gasteiger partial charge in [-0.1, -0.05) is 0 Å². The van der Waals surface area contributed by atoms with Crippen molar-refractivity contribution in [3.05, 3.63) is 36.0 Å². The largest absolute Gasteiger partial charge is 0.480 e. The Hall–Kier alpha value is -2.28. The number of nitrogens with one attached hydrogen (secondary N) is 1. The second-order valence-corrected chi connectivity index (χ2v) is 3.86. The lowest BCUT2D eigenvalue weighted by molar-refractivity contribution is -0.138. The molecule has 3 N–H and O–H groups in total. The highest BCUT2D eigenvalue weighted by Crippen LogP contribution is 2.25. The number of carboxylic acid groups (broad SMARTS) is 1. The Balaban J connectivity index is 2.52. The Morgan fingerprint density at radius 2 is 2.16 bits per heavy atom. The second-order valence-electron chi connectivity index (χ2n) is 3.86. The van der Waals surface area contributed by atoms with E-state index in [0.29, 0.717) is 6.07 Å². The molecule has 0 bridgehead atoms. The van der Waals surface area contributed by atoms with E-state index in [2.05, 4.69) is 10.3 Å². The molecule has 2 rings (SSSR count). The summed E-state index contributed by atoms with van der Waals surface area (Å²) in [6, 6.07) is 1.88. The van der Waals surface area contributed by atoms with Crippen molar-refractivity contribution in [2.24, 2.45) is 0 Å². The fourth-order valence-corrected chi connectivity index (χ4v) is 1.69. The van der Waals surface area contributed by atoms with Gasteiger partial charge < -0.3 is 15.5 Å². The molecule has 1 unspecified atom stereocenters. The maximum absolute atomic E-state index is 13.7. The summed E-state index contributed by atoms with van der Waals surface area (Å²) < 4.78 is 26.8. The third-order valence-electron chi connectivity index (χ3n) is 2.57. The molecule has 1 heterocycles. The zero-order chi connectivity index (χ0) is 14.0. The average molecular weight is 268 g/mol. The van der Waals surface area contributed by atoms with Crippen molar-refractivity contribution in [2.45, 2.75) is 6.04 Å². The summed E-state index contributed by atoms with van der Waals surface area (Å²) >= 11 is 0. The van der Waals surface area contributed by atoms with Crippen molar-refractivity contribution >= 4 is 22.6 Å². The Labute approximate surface area is 106 Å². The first-order valence-corrected chi connectivity index (χ1v) is 5.37. The van der Waals surface area contributed by atoms with E-state index in [4.69, 9.17) is 10.2 Å². The predicted octanol–water partition coefficient (Wildman–Crippen LogP) is 1.37. The molecule has 5 nitrogen and oxygen atoms in total. The summed E-state index contributed by atoms with van der Waals surface area (Å²) in [7, 11) is 0. The normalized spacial score (nSPS) is 12.4. The number of aromatic nitrogens is 1. The molecule has 0 fully saturated rings. The standard InChI is InChI=1S/C12H10F2N2O3/c13-7-3-6-1-2-15-11(10(6)8(14)4-7)16-9(5-17)12(18)19/h1-4,9,17H,5H2,(H,15,16)(H,18,19). The van der Waals surface area contributed by atoms with Gasteiger partial charge in [-0.15, -0.1) is 0 Å². The quantitative estimate of drug-likeness (QED) is 0.780. The molecule has 0 saturated carbocycles. The Kier molecular flexibility index (Phi) is 3.57. The number of halogens is 2. The minimum absolute atomic E-state index is 0.0244. The van der Waals surface area contributed by atoms with Crippen LogP contribution in [0.1, 0.15) is 0 Å². The number of fused-ring (bicyclic) bond motifs is 1. The highest BCUT2D eigenvalue weighted by Gasteiger charge is 2.19. The van der Waals surface area contributed by atoms with E-state index in [1.54, 1.807) is 0 Å². The first-order chi connectivity index (χ1) is 9.02. The van der Waals surface area contributed by atoms with Gasteiger partial charge in [0.15, 0.2) is 0 Å². The molecule has 2 aromatic rings. The van der Waals surface area contributed by atoms with Crippen LogP contribution < -0.4 is 5.32 Å². The van der Waals surface area contributed by atoms with Gasteiger partial charge in [-0.05, 0) is 17.5 Å². The van der Waals surface area contributed by atoms with Crippen LogP contribution in [-0.2, 0) is 4.79 Å². The van der Waals surface area contributed by atoms with Gasteiger partial charge in [0.05, 0.1) is 12.0 Å². The number of benzene rings is 1. The number of pyridine rings is 1. The van der Waals surface area contributed by atoms with E-state index >= 15 is 0 Å². The van der Waals surface area contributed by atoms with Crippen LogP contribution >= 0.6 is 0 Å². The van der Waals surface area contributed by atoms with Crippen LogP contribution in [-0.4, -0.2) is 33.8 Å². The molecule has 1 aromatic carbocycles. The highest BCUT2D eigenvalue weighted by atomic mass is 19.1. The molecule has 7 heteroatoms. The summed E-state index contributed by atoms with van der Waals surface area (Å²) in [6.45, 7) is -0.684. The summed E-state index contributed by atoms with van der Waals surface area (Å²) in [6.07, 6.45) is 1.29. The molecule has 0 saturated heterocycles. The molecule has 19 heavy (non-hydrogen) atoms. The van der Waals surface area contributed by atoms with E-state index in [-0.39, 0.29) is 16.6 Å². The minimum atomic E-state index is -1.32. The molecule has 100 valence electrons. The number of anilines is 1. The van der Waals surface area contributed by atoms with Gasteiger partial charge in [0.1, 0.15) is 23.5 Å². The van der Waals surface area contributed by atoms with E-state index in [9.17, 15) is 13.6 Å². The van der Waals surface area contributed by atoms with Gasteiger partial charge in [0, 0.05) is 12.3 Å². The topological polar surface area (TPSA) is 82.5 Å². The zero-order valence-electron chi connectivity index (χ0n) is 9.60. The number of aliphatic carboxylic acids is 1. The van der Waals surface area contributed by atoms with Gasteiger partial charge in [-0.25, -0.2) is 18.6 Å². The summed E-state index contributed by atoms with van der Waals surface area (Å²) in [5.74, 6) is -2.95. The second kappa shape index (κ2) is 5.15. The van der Waals surface area contributed by atoms with E-state index in [1.807, 2.05) is 0 Å². The van der Waals surface area contributed by atoms with Crippen LogP contribution in [0.3, 0.4) is 0 Å². The lowest BCUT2D eigenvalue weighted by Crippen LogP contribution is -2.33. The Bertz CT molecular complexity index is 634. The maximum Gasteiger partial charge on any atom is 0.328 e. The van der Waals surface area contributed by atoms with Crippen molar-refractivity contribution in [1.82, 2.24) is 4.98 Å². The molecule has 0 spiro atoms. The van der Waals surface area contributed by atoms with Crippen molar-refractivity contribution in [2.75, 3.05) is 11.9 Å². The molecule has 0 aliphatic carbocycles. The number of carbonyl (C=O) groups is 1. The Morgan fingerprint density at radius 3 is 2.79 bits per heavy atom. The number of hydrogen-bond donors (Lipinski definition) is 3. The van der Waals surface area contributed by atoms with Crippen LogP contribution in [0, 0.1) is 11.6 Å². The molecule has 1 atom stereocenters. The number of aliphatic hydroxyl groups excluding tert-OH is 1. The zero-order valence-corrected chi connectivity index (χ0v) is 9.60. The molecule has 0 aliphatic heterocycles. The van der Waals surface area contributed by atoms with Crippen molar-refractivity contribution in [1.29, 1.82) is 0 Å². The molecular formula is C12H10F2N2O3. The van der Waals surface area contributed by atoms with E-state index in [1.165, 1.54) is 12.3 Å². The number of nitrogens with zero attached hydrogens (tertiary/aromatic N) is 1. The fraction of sp³-hybridized carbons (Fsp3) is 0.167. The predicted molar refractivity (Wildman–Crippen MR) is 63.8 cm³/mol. The molecule has 1 aromatic heterocycles. The van der Waals surface area contributed by atoms with Gasteiger partial charge in [0.2, 0.25) is 0 Å². The van der Waals surface area contributed by atoms with Gasteiger partial charge in [-0.3, -0.25) is 0 Å². The third kappa shape index (κ3) is 2.60. The molecule has 0 aliphatic rings. The van der Waals surface area contributed by atoms with Gasteiger partial charge in [0.25, 0.3) is 0 Å². The van der Waals surface area contributed by atoms with Crippen molar-refractivity contribution < 1.29 is 23.8 Å². The lowest BCUT2D eigenvalue weighted by atomic mass is 10.1. The smallest absolute Gasteiger partial charge is 0.328 e. The number of carboxylic acids is 1. The van der Waals surface area contributed by atoms with E-state index < -0.39 is 30.3 Å². The van der Waals surface area contributed by atoms with Crippen LogP contribution in [0.4, 0.5) is 14.6 Å². The average Bonchev–Trinajstić information content (AvgIpc) is 2.34. The molecule has 0 radical (unpaired) electrons. The van der Waals surface area contributed by atoms with Crippen LogP contribution in [0.2, 0.25) is 0 Å². The summed E-state index contributed by atoms with van der Waals surface area (Å²) in [5.41, 5.74) is 0. The minimum Gasteiger partial charge on any atom is -0.480 e. The van der Waals surface area contributed by atoms with Crippen LogP contribution in [0.5, 0.6) is 0 Å². The molecular weight excluding hydrogens is 258 g/mol. The number of rotatable bonds is 4. The Morgan fingerprint density at radius 1 is 1.42 bits per heavy atom. The monoisotopic (exact) mass is 268 g/mol. The third-order valence-corrected chi connectivity index (χ3v) is 2.57. The maximum atomic E-state index is 13.7. The molecule has 0 amide bonds. The summed E-state index contributed by atoms with van der Waals surface area (Å²) in [5, 5.41) is 20.4. The van der Waals surface area contributed by atoms with Gasteiger partial charge in [-0.2, -0.15) is 0 Å². The SMILES string of the molecule is O=C(O)C(CO)Nc1nccc2cc(F)cc(F)c12. The fourth-order valence-electron chi connectivity index (χ4n) is 1.69. The number of aliphatic hydroxyl groups is 1. The summed E-state index contributed by atoms with van der Waals surface area (Å²) in [4.78, 5) is 14.6. The van der Waals surface area contributed by atoms with Crippen LogP contribution in [0.25, 0.3) is 10.8 Å². The number of hydrogen-bond acceptors (Lipinski definition) is 4. The lowest BCUT2D eigenvalue weighted by Gasteiger charge is -2.14. The first kappa shape index (κ1) is 13.2. The van der Waals surface area contributed by atoms with Crippen LogP contribution in [0.15, 0.2) is 24.4 Å². The van der Waals surface area contributed by atoms with Crippen molar-refractivity contribution in [3.63, 3.8) is 0 Å². The highest BCUT2D eigenvalue weighted by molar-refractivity contribution is 5.93. The van der Waals surface area contributed by atoms with E-state index in [0.717, 1.165) is 6.07 Å².